The van der Waals surface area contributed by atoms with Crippen molar-refractivity contribution >= 4 is 11.0 Å². The Morgan fingerprint density at radius 3 is 1.67 bits per heavy atom. The fourth-order valence-electron chi connectivity index (χ4n) is 5.44. The van der Waals surface area contributed by atoms with Crippen LogP contribution in [-0.2, 0) is 9.47 Å². The van der Waals surface area contributed by atoms with Crippen LogP contribution < -0.4 is 5.43 Å². The van der Waals surface area contributed by atoms with Crippen LogP contribution >= 0.6 is 0 Å². The highest BCUT2D eigenvalue weighted by atomic mass is 16.6. The second-order valence-corrected chi connectivity index (χ2v) is 10.4. The molecule has 0 saturated carbocycles. The van der Waals surface area contributed by atoms with Gasteiger partial charge in [-0.3, -0.25) is 4.79 Å². The number of rotatable bonds is 5. The largest absolute Gasteiger partial charge is 0.507 e. The van der Waals surface area contributed by atoms with E-state index in [2.05, 4.69) is 0 Å². The lowest BCUT2D eigenvalue weighted by atomic mass is 9.85. The maximum absolute atomic E-state index is 13.5. The van der Waals surface area contributed by atoms with Crippen molar-refractivity contribution in [1.82, 2.24) is 0 Å². The van der Waals surface area contributed by atoms with Gasteiger partial charge in [0, 0.05) is 11.6 Å². The summed E-state index contributed by atoms with van der Waals surface area (Å²) in [7, 11) is 0. The molecule has 43 heavy (non-hydrogen) atoms. The summed E-state index contributed by atoms with van der Waals surface area (Å²) in [6.45, 7) is -1.75. The molecule has 16 nitrogen and oxygen atoms in total. The van der Waals surface area contributed by atoms with Gasteiger partial charge in [0.2, 0.25) is 0 Å². The molecule has 234 valence electrons. The molecule has 16 heteroatoms. The van der Waals surface area contributed by atoms with Crippen LogP contribution in [0.2, 0.25) is 0 Å². The SMILES string of the molecule is O=c1cc(-c2ccc(O)c(O)c2)oc2c([C@@H]3O[C@H](CO)[C@H](O)[C@H](O)[C@@H]3O)c(O)c([C@@H]3O[C@H](CO)[C@H](O)[C@@H](O)[C@@H]3O)c(O)c12. The first-order valence-electron chi connectivity index (χ1n) is 13.0. The van der Waals surface area contributed by atoms with Crippen LogP contribution in [0.3, 0.4) is 0 Å². The van der Waals surface area contributed by atoms with Crippen molar-refractivity contribution in [3.8, 4) is 34.3 Å². The zero-order chi connectivity index (χ0) is 31.5. The van der Waals surface area contributed by atoms with Gasteiger partial charge in [0.15, 0.2) is 22.5 Å². The van der Waals surface area contributed by atoms with Crippen LogP contribution in [0, 0.1) is 0 Å². The van der Waals surface area contributed by atoms with Crippen LogP contribution in [0.5, 0.6) is 23.0 Å². The molecule has 0 amide bonds. The van der Waals surface area contributed by atoms with Gasteiger partial charge in [0.1, 0.15) is 83.7 Å². The van der Waals surface area contributed by atoms with Gasteiger partial charge in [-0.05, 0) is 18.2 Å². The molecule has 0 unspecified atom stereocenters. The molecule has 12 N–H and O–H groups in total. The van der Waals surface area contributed by atoms with E-state index in [4.69, 9.17) is 13.9 Å². The molecule has 2 fully saturated rings. The fourth-order valence-corrected chi connectivity index (χ4v) is 5.44. The summed E-state index contributed by atoms with van der Waals surface area (Å²) in [5, 5.41) is 124. The average molecular weight is 611 g/mol. The molecule has 2 aliphatic rings. The van der Waals surface area contributed by atoms with E-state index in [1.807, 2.05) is 0 Å². The Morgan fingerprint density at radius 2 is 1.16 bits per heavy atom. The highest BCUT2D eigenvalue weighted by Gasteiger charge is 2.50. The first-order valence-corrected chi connectivity index (χ1v) is 13.0. The average Bonchev–Trinajstić information content (AvgIpc) is 2.98. The first-order chi connectivity index (χ1) is 20.3. The predicted molar refractivity (Wildman–Crippen MR) is 140 cm³/mol. The van der Waals surface area contributed by atoms with Crippen LogP contribution in [0.25, 0.3) is 22.3 Å². The Morgan fingerprint density at radius 1 is 0.628 bits per heavy atom. The lowest BCUT2D eigenvalue weighted by Gasteiger charge is -2.42. The van der Waals surface area contributed by atoms with Crippen molar-refractivity contribution in [3.63, 3.8) is 0 Å². The van der Waals surface area contributed by atoms with Crippen molar-refractivity contribution in [2.75, 3.05) is 13.2 Å². The zero-order valence-corrected chi connectivity index (χ0v) is 22.0. The van der Waals surface area contributed by atoms with E-state index in [-0.39, 0.29) is 11.3 Å². The molecule has 3 heterocycles. The minimum absolute atomic E-state index is 0.0334. The molecule has 2 aromatic carbocycles. The van der Waals surface area contributed by atoms with E-state index in [1.165, 1.54) is 6.07 Å². The molecule has 0 aliphatic carbocycles. The number of aliphatic hydroxyl groups is 8. The van der Waals surface area contributed by atoms with E-state index >= 15 is 0 Å². The molecule has 2 aliphatic heterocycles. The monoisotopic (exact) mass is 610 g/mol. The van der Waals surface area contributed by atoms with Crippen molar-refractivity contribution in [2.24, 2.45) is 0 Å². The number of hydrogen-bond acceptors (Lipinski definition) is 16. The second-order valence-electron chi connectivity index (χ2n) is 10.4. The molecule has 2 saturated heterocycles. The Bertz CT molecular complexity index is 1570. The number of aliphatic hydroxyl groups excluding tert-OH is 8. The van der Waals surface area contributed by atoms with Crippen LogP contribution in [-0.4, -0.2) is 123 Å². The lowest BCUT2D eigenvalue weighted by Crippen LogP contribution is -2.55. The third-order valence-electron chi connectivity index (χ3n) is 7.81. The van der Waals surface area contributed by atoms with Crippen molar-refractivity contribution in [3.05, 3.63) is 45.6 Å². The van der Waals surface area contributed by atoms with Gasteiger partial charge in [0.25, 0.3) is 0 Å². The number of ether oxygens (including phenoxy) is 2. The molecule has 0 spiro atoms. The summed E-state index contributed by atoms with van der Waals surface area (Å²) < 4.78 is 16.9. The minimum atomic E-state index is -2.05. The molecule has 3 aromatic rings. The Balaban J connectivity index is 1.82. The van der Waals surface area contributed by atoms with Gasteiger partial charge in [-0.2, -0.15) is 0 Å². The topological polar surface area (TPSA) is 291 Å². The third-order valence-corrected chi connectivity index (χ3v) is 7.81. The van der Waals surface area contributed by atoms with Crippen LogP contribution in [0.4, 0.5) is 0 Å². The van der Waals surface area contributed by atoms with E-state index in [9.17, 15) is 66.1 Å². The van der Waals surface area contributed by atoms with Gasteiger partial charge in [-0.15, -0.1) is 0 Å². The van der Waals surface area contributed by atoms with Crippen molar-refractivity contribution < 1.29 is 75.2 Å². The number of benzene rings is 2. The molecule has 5 rings (SSSR count). The smallest absolute Gasteiger partial charge is 0.197 e. The number of fused-ring (bicyclic) bond motifs is 1. The maximum Gasteiger partial charge on any atom is 0.197 e. The maximum atomic E-state index is 13.5. The van der Waals surface area contributed by atoms with Gasteiger partial charge in [0.05, 0.1) is 24.3 Å². The zero-order valence-electron chi connectivity index (χ0n) is 22.0. The van der Waals surface area contributed by atoms with Crippen LogP contribution in [0.15, 0.2) is 33.5 Å². The molecular formula is C27H30O16. The van der Waals surface area contributed by atoms with E-state index in [1.54, 1.807) is 0 Å². The standard InChI is InChI=1S/C27H30O16/c28-5-12-17(33)21(37)23(39)26(42-12)15-19(35)14-10(32)4-11(7-1-2-8(30)9(31)3-7)41-25(14)16(20(15)36)27-24(40)22(38)18(34)13(6-29)43-27/h1-4,12-13,17-18,21-24,26-31,33-40H,5-6H2/t12-,13-,17+,18+,21-,22+,23+,24+,26+,27+/m1/s1. The summed E-state index contributed by atoms with van der Waals surface area (Å²) >= 11 is 0. The number of hydrogen-bond donors (Lipinski definition) is 12. The summed E-state index contributed by atoms with van der Waals surface area (Å²) in [6, 6.07) is 4.26. The van der Waals surface area contributed by atoms with Crippen molar-refractivity contribution in [1.29, 1.82) is 0 Å². The van der Waals surface area contributed by atoms with Crippen LogP contribution in [0.1, 0.15) is 23.3 Å². The lowest BCUT2D eigenvalue weighted by molar-refractivity contribution is -0.234. The first kappa shape index (κ1) is 30.9. The second kappa shape index (κ2) is 11.5. The van der Waals surface area contributed by atoms with Crippen molar-refractivity contribution in [2.45, 2.75) is 61.0 Å². The van der Waals surface area contributed by atoms with E-state index in [0.717, 1.165) is 18.2 Å². The molecule has 0 radical (unpaired) electrons. The highest BCUT2D eigenvalue weighted by Crippen LogP contribution is 2.51. The Hall–Kier alpha value is -3.55. The summed E-state index contributed by atoms with van der Waals surface area (Å²) in [5.74, 6) is -3.43. The summed E-state index contributed by atoms with van der Waals surface area (Å²) in [4.78, 5) is 13.5. The van der Waals surface area contributed by atoms with Gasteiger partial charge < -0.3 is 75.2 Å². The van der Waals surface area contributed by atoms with E-state index in [0.29, 0.717) is 0 Å². The fraction of sp³-hybridized carbons (Fsp3) is 0.444. The highest BCUT2D eigenvalue weighted by molar-refractivity contribution is 5.92. The van der Waals surface area contributed by atoms with Gasteiger partial charge in [-0.25, -0.2) is 0 Å². The van der Waals surface area contributed by atoms with E-state index < -0.39 is 125 Å². The van der Waals surface area contributed by atoms with Gasteiger partial charge in [-0.1, -0.05) is 0 Å². The molecular weight excluding hydrogens is 580 g/mol. The predicted octanol–water partition coefficient (Wildman–Crippen LogP) is -2.69. The number of phenolic OH excluding ortho intramolecular Hbond substituents is 4. The Kier molecular flexibility index (Phi) is 8.27. The minimum Gasteiger partial charge on any atom is -0.507 e. The Labute approximate surface area is 240 Å². The normalized spacial score (nSPS) is 33.1. The third kappa shape index (κ3) is 4.96. The van der Waals surface area contributed by atoms with Gasteiger partial charge >= 0.3 is 0 Å². The molecule has 0 bridgehead atoms. The quantitative estimate of drug-likeness (QED) is 0.131. The molecule has 1 aromatic heterocycles. The number of aromatic hydroxyl groups is 4. The summed E-state index contributed by atoms with van der Waals surface area (Å²) in [5.41, 5.74) is -2.97. The summed E-state index contributed by atoms with van der Waals surface area (Å²) in [6.07, 6.45) is -18.5. The number of phenols is 4. The molecule has 10 atom stereocenters.